The SMILES string of the molecule is O=C(COC(=O)/C=C/c1ccc2c(c1)OCO2)Nc1c(F)cccc1F. The van der Waals surface area contributed by atoms with E-state index in [4.69, 9.17) is 14.2 Å². The van der Waals surface area contributed by atoms with E-state index >= 15 is 0 Å². The standard InChI is InChI=1S/C18H13F2NO5/c19-12-2-1-3-13(20)18(12)21-16(22)9-24-17(23)7-5-11-4-6-14-15(8-11)26-10-25-14/h1-8H,9-10H2,(H,21,22)/b7-5+. The van der Waals surface area contributed by atoms with E-state index in [1.54, 1.807) is 18.2 Å². The molecule has 3 rings (SSSR count). The predicted octanol–water partition coefficient (Wildman–Crippen LogP) is 2.89. The van der Waals surface area contributed by atoms with Gasteiger partial charge in [-0.15, -0.1) is 0 Å². The van der Waals surface area contributed by atoms with Gasteiger partial charge in [-0.2, -0.15) is 0 Å². The highest BCUT2D eigenvalue weighted by atomic mass is 19.1. The number of rotatable bonds is 5. The molecule has 134 valence electrons. The Hall–Kier alpha value is -3.42. The number of para-hydroxylation sites is 1. The molecule has 0 saturated heterocycles. The van der Waals surface area contributed by atoms with Gasteiger partial charge in [0, 0.05) is 6.08 Å². The molecular formula is C18H13F2NO5. The van der Waals surface area contributed by atoms with Crippen molar-refractivity contribution in [2.24, 2.45) is 0 Å². The van der Waals surface area contributed by atoms with E-state index in [1.807, 2.05) is 5.32 Å². The van der Waals surface area contributed by atoms with Gasteiger partial charge in [0.05, 0.1) is 0 Å². The summed E-state index contributed by atoms with van der Waals surface area (Å²) in [4.78, 5) is 23.3. The zero-order valence-electron chi connectivity index (χ0n) is 13.3. The Bertz CT molecular complexity index is 862. The summed E-state index contributed by atoms with van der Waals surface area (Å²) in [6, 6.07) is 8.26. The number of carbonyl (C=O) groups is 2. The number of amides is 1. The van der Waals surface area contributed by atoms with Gasteiger partial charge in [0.2, 0.25) is 6.79 Å². The minimum absolute atomic E-state index is 0.141. The first-order valence-electron chi connectivity index (χ1n) is 7.51. The van der Waals surface area contributed by atoms with E-state index in [0.717, 1.165) is 18.2 Å². The summed E-state index contributed by atoms with van der Waals surface area (Å²) in [5.41, 5.74) is 0.0773. The molecule has 1 aliphatic heterocycles. The van der Waals surface area contributed by atoms with Gasteiger partial charge >= 0.3 is 5.97 Å². The average molecular weight is 361 g/mol. The van der Waals surface area contributed by atoms with Crippen LogP contribution in [0.3, 0.4) is 0 Å². The highest BCUT2D eigenvalue weighted by molar-refractivity contribution is 5.94. The van der Waals surface area contributed by atoms with Crippen molar-refractivity contribution in [3.05, 3.63) is 59.7 Å². The third-order valence-corrected chi connectivity index (χ3v) is 3.38. The molecule has 6 nitrogen and oxygen atoms in total. The van der Waals surface area contributed by atoms with Gasteiger partial charge < -0.3 is 19.5 Å². The van der Waals surface area contributed by atoms with E-state index in [1.165, 1.54) is 12.1 Å². The molecule has 0 aromatic heterocycles. The molecule has 1 heterocycles. The van der Waals surface area contributed by atoms with Crippen LogP contribution in [0, 0.1) is 11.6 Å². The summed E-state index contributed by atoms with van der Waals surface area (Å²) in [5.74, 6) is -2.32. The number of carbonyl (C=O) groups excluding carboxylic acids is 2. The molecule has 1 amide bonds. The highest BCUT2D eigenvalue weighted by Crippen LogP contribution is 2.32. The van der Waals surface area contributed by atoms with Gasteiger partial charge in [-0.3, -0.25) is 4.79 Å². The highest BCUT2D eigenvalue weighted by Gasteiger charge is 2.14. The molecule has 0 fully saturated rings. The second-order valence-corrected chi connectivity index (χ2v) is 5.20. The summed E-state index contributed by atoms with van der Waals surface area (Å²) >= 11 is 0. The van der Waals surface area contributed by atoms with Crippen LogP contribution in [0.1, 0.15) is 5.56 Å². The lowest BCUT2D eigenvalue weighted by Gasteiger charge is -2.07. The molecule has 0 unspecified atom stereocenters. The number of hydrogen-bond acceptors (Lipinski definition) is 5. The summed E-state index contributed by atoms with van der Waals surface area (Å²) < 4.78 is 42.0. The zero-order chi connectivity index (χ0) is 18.5. The average Bonchev–Trinajstić information content (AvgIpc) is 3.09. The van der Waals surface area contributed by atoms with Gasteiger partial charge in [0.25, 0.3) is 5.91 Å². The maximum absolute atomic E-state index is 13.4. The lowest BCUT2D eigenvalue weighted by molar-refractivity contribution is -0.142. The van der Waals surface area contributed by atoms with Crippen molar-refractivity contribution in [1.29, 1.82) is 0 Å². The molecule has 0 atom stereocenters. The summed E-state index contributed by atoms with van der Waals surface area (Å²) in [5, 5.41) is 2.02. The summed E-state index contributed by atoms with van der Waals surface area (Å²) in [6.07, 6.45) is 2.59. The Balaban J connectivity index is 1.51. The van der Waals surface area contributed by atoms with Crippen LogP contribution >= 0.6 is 0 Å². The zero-order valence-corrected chi connectivity index (χ0v) is 13.3. The van der Waals surface area contributed by atoms with E-state index < -0.39 is 35.8 Å². The molecule has 0 spiro atoms. The predicted molar refractivity (Wildman–Crippen MR) is 87.5 cm³/mol. The van der Waals surface area contributed by atoms with Crippen LogP contribution in [0.5, 0.6) is 11.5 Å². The fraction of sp³-hybridized carbons (Fsp3) is 0.111. The summed E-state index contributed by atoms with van der Waals surface area (Å²) in [7, 11) is 0. The monoisotopic (exact) mass is 361 g/mol. The maximum atomic E-state index is 13.4. The Labute approximate surface area is 147 Å². The third kappa shape index (κ3) is 4.15. The first-order valence-corrected chi connectivity index (χ1v) is 7.51. The van der Waals surface area contributed by atoms with Crippen LogP contribution in [0.15, 0.2) is 42.5 Å². The van der Waals surface area contributed by atoms with Crippen molar-refractivity contribution >= 4 is 23.6 Å². The molecule has 2 aromatic carbocycles. The van der Waals surface area contributed by atoms with E-state index in [-0.39, 0.29) is 6.79 Å². The number of ether oxygens (including phenoxy) is 3. The number of esters is 1. The van der Waals surface area contributed by atoms with Crippen molar-refractivity contribution in [3.8, 4) is 11.5 Å². The summed E-state index contributed by atoms with van der Waals surface area (Å²) in [6.45, 7) is -0.541. The fourth-order valence-electron chi connectivity index (χ4n) is 2.16. The number of fused-ring (bicyclic) bond motifs is 1. The van der Waals surface area contributed by atoms with Gasteiger partial charge in [-0.05, 0) is 35.9 Å². The second-order valence-electron chi connectivity index (χ2n) is 5.20. The minimum atomic E-state index is -0.924. The fourth-order valence-corrected chi connectivity index (χ4v) is 2.16. The van der Waals surface area contributed by atoms with Crippen LogP contribution in [0.25, 0.3) is 6.08 Å². The van der Waals surface area contributed by atoms with Crippen molar-refractivity contribution in [2.45, 2.75) is 0 Å². The van der Waals surface area contributed by atoms with Crippen LogP contribution in [-0.4, -0.2) is 25.3 Å². The van der Waals surface area contributed by atoms with E-state index in [0.29, 0.717) is 17.1 Å². The number of halogens is 2. The quantitative estimate of drug-likeness (QED) is 0.655. The van der Waals surface area contributed by atoms with E-state index in [9.17, 15) is 18.4 Å². The Kier molecular flexibility index (Phi) is 5.12. The molecule has 8 heteroatoms. The molecule has 2 aromatic rings. The Morgan fingerprint density at radius 2 is 1.85 bits per heavy atom. The van der Waals surface area contributed by atoms with Gasteiger partial charge in [-0.1, -0.05) is 12.1 Å². The number of hydrogen-bond donors (Lipinski definition) is 1. The molecule has 0 aliphatic carbocycles. The topological polar surface area (TPSA) is 73.9 Å². The van der Waals surface area contributed by atoms with Gasteiger partial charge in [-0.25, -0.2) is 13.6 Å². The first kappa shape index (κ1) is 17.4. The minimum Gasteiger partial charge on any atom is -0.454 e. The van der Waals surface area contributed by atoms with Crippen LogP contribution in [-0.2, 0) is 14.3 Å². The van der Waals surface area contributed by atoms with Crippen molar-refractivity contribution in [2.75, 3.05) is 18.7 Å². The third-order valence-electron chi connectivity index (χ3n) is 3.38. The molecule has 0 radical (unpaired) electrons. The number of nitrogens with one attached hydrogen (secondary N) is 1. The second kappa shape index (κ2) is 7.64. The lowest BCUT2D eigenvalue weighted by atomic mass is 10.2. The number of anilines is 1. The van der Waals surface area contributed by atoms with E-state index in [2.05, 4.69) is 0 Å². The maximum Gasteiger partial charge on any atom is 0.331 e. The lowest BCUT2D eigenvalue weighted by Crippen LogP contribution is -2.21. The van der Waals surface area contributed by atoms with Crippen LogP contribution in [0.2, 0.25) is 0 Å². The van der Waals surface area contributed by atoms with Crippen LogP contribution < -0.4 is 14.8 Å². The van der Waals surface area contributed by atoms with Crippen molar-refractivity contribution in [3.63, 3.8) is 0 Å². The smallest absolute Gasteiger partial charge is 0.331 e. The van der Waals surface area contributed by atoms with Crippen molar-refractivity contribution in [1.82, 2.24) is 0 Å². The van der Waals surface area contributed by atoms with Gasteiger partial charge in [0.15, 0.2) is 18.1 Å². The van der Waals surface area contributed by atoms with Crippen LogP contribution in [0.4, 0.5) is 14.5 Å². The van der Waals surface area contributed by atoms with Crippen molar-refractivity contribution < 1.29 is 32.6 Å². The molecular weight excluding hydrogens is 348 g/mol. The molecule has 0 saturated carbocycles. The largest absolute Gasteiger partial charge is 0.454 e. The first-order chi connectivity index (χ1) is 12.5. The molecule has 26 heavy (non-hydrogen) atoms. The Morgan fingerprint density at radius 3 is 2.62 bits per heavy atom. The number of benzene rings is 2. The molecule has 1 N–H and O–H groups in total. The molecule has 1 aliphatic rings. The normalized spacial score (nSPS) is 12.2. The molecule has 0 bridgehead atoms. The Morgan fingerprint density at radius 1 is 1.12 bits per heavy atom. The van der Waals surface area contributed by atoms with Gasteiger partial charge in [0.1, 0.15) is 17.3 Å².